The zero-order valence-electron chi connectivity index (χ0n) is 15.2. The van der Waals surface area contributed by atoms with Gasteiger partial charge in [0.15, 0.2) is 0 Å². The van der Waals surface area contributed by atoms with Crippen LogP contribution in [0.4, 0.5) is 0 Å². The summed E-state index contributed by atoms with van der Waals surface area (Å²) in [5, 5.41) is 0. The first-order valence-electron chi connectivity index (χ1n) is 8.61. The average molecular weight is 355 g/mol. The normalized spacial score (nSPS) is 21.8. The van der Waals surface area contributed by atoms with Gasteiger partial charge in [0.05, 0.1) is 11.5 Å². The lowest BCUT2D eigenvalue weighted by Gasteiger charge is -2.41. The van der Waals surface area contributed by atoms with Gasteiger partial charge in [-0.1, -0.05) is 27.7 Å². The number of ether oxygens (including phenoxy) is 1. The molecule has 0 saturated carbocycles. The Morgan fingerprint density at radius 1 is 1.29 bits per heavy atom. The molecule has 2 N–H and O–H groups in total. The van der Waals surface area contributed by atoms with Crippen molar-refractivity contribution in [2.75, 3.05) is 19.7 Å². The quantitative estimate of drug-likeness (QED) is 0.852. The molecular weight excluding hydrogens is 324 g/mol. The topological polar surface area (TPSA) is 72.6 Å². The average Bonchev–Trinajstić information content (AvgIpc) is 2.50. The zero-order valence-corrected chi connectivity index (χ0v) is 16.0. The highest BCUT2D eigenvalue weighted by Crippen LogP contribution is 2.31. The zero-order chi connectivity index (χ0) is 18.0. The molecule has 0 spiro atoms. The third-order valence-electron chi connectivity index (χ3n) is 4.70. The molecule has 0 aromatic heterocycles. The van der Waals surface area contributed by atoms with Crippen LogP contribution >= 0.6 is 0 Å². The molecule has 1 aromatic rings. The third kappa shape index (κ3) is 4.49. The Kier molecular flexibility index (Phi) is 5.94. The highest BCUT2D eigenvalue weighted by Gasteiger charge is 2.38. The van der Waals surface area contributed by atoms with Crippen LogP contribution < -0.4 is 10.5 Å². The van der Waals surface area contributed by atoms with Crippen LogP contribution in [-0.4, -0.2) is 38.5 Å². The van der Waals surface area contributed by atoms with Crippen molar-refractivity contribution in [1.29, 1.82) is 0 Å². The first-order valence-corrected chi connectivity index (χ1v) is 10.1. The molecule has 1 unspecified atom stereocenters. The van der Waals surface area contributed by atoms with Crippen LogP contribution in [0.5, 0.6) is 5.75 Å². The maximum atomic E-state index is 12.8. The molecule has 0 amide bonds. The highest BCUT2D eigenvalue weighted by molar-refractivity contribution is 7.89. The molecule has 1 fully saturated rings. The molecule has 0 radical (unpaired) electrons. The fraction of sp³-hybridized carbons (Fsp3) is 0.667. The summed E-state index contributed by atoms with van der Waals surface area (Å²) >= 11 is 0. The predicted molar refractivity (Wildman–Crippen MR) is 96.5 cm³/mol. The van der Waals surface area contributed by atoms with E-state index in [2.05, 4.69) is 13.8 Å². The third-order valence-corrected chi connectivity index (χ3v) is 6.56. The van der Waals surface area contributed by atoms with Crippen LogP contribution in [0.15, 0.2) is 29.2 Å². The summed E-state index contributed by atoms with van der Waals surface area (Å²) in [6.07, 6.45) is 1.66. The van der Waals surface area contributed by atoms with Crippen molar-refractivity contribution in [1.82, 2.24) is 4.31 Å². The van der Waals surface area contributed by atoms with Crippen LogP contribution in [0.1, 0.15) is 40.5 Å². The number of piperidine rings is 1. The summed E-state index contributed by atoms with van der Waals surface area (Å²) in [7, 11) is -3.48. The standard InChI is InChI=1S/C18H30N2O3S/c1-14(2)10-12-23-15-5-7-16(8-6-15)24(21,22)20-11-9-17(19)18(3,4)13-20/h5-8,14,17H,9-13,19H2,1-4H3. The molecule has 6 heteroatoms. The van der Waals surface area contributed by atoms with Crippen molar-refractivity contribution in [3.8, 4) is 5.75 Å². The molecule has 5 nitrogen and oxygen atoms in total. The lowest BCUT2D eigenvalue weighted by Crippen LogP contribution is -2.53. The molecule has 1 aromatic carbocycles. The minimum atomic E-state index is -3.48. The number of nitrogens with zero attached hydrogens (tertiary/aromatic N) is 1. The minimum absolute atomic E-state index is 0.0284. The van der Waals surface area contributed by atoms with Gasteiger partial charge in [0.25, 0.3) is 0 Å². The van der Waals surface area contributed by atoms with E-state index in [1.165, 1.54) is 0 Å². The maximum Gasteiger partial charge on any atom is 0.243 e. The Labute approximate surface area is 146 Å². The first-order chi connectivity index (χ1) is 11.1. The van der Waals surface area contributed by atoms with Gasteiger partial charge in [-0.15, -0.1) is 0 Å². The van der Waals surface area contributed by atoms with E-state index < -0.39 is 10.0 Å². The number of hydrogen-bond acceptors (Lipinski definition) is 4. The van der Waals surface area contributed by atoms with Gasteiger partial charge in [-0.2, -0.15) is 4.31 Å². The van der Waals surface area contributed by atoms with E-state index in [-0.39, 0.29) is 11.5 Å². The van der Waals surface area contributed by atoms with Gasteiger partial charge in [-0.25, -0.2) is 8.42 Å². The van der Waals surface area contributed by atoms with E-state index in [9.17, 15) is 8.42 Å². The Morgan fingerprint density at radius 3 is 2.46 bits per heavy atom. The monoisotopic (exact) mass is 354 g/mol. The van der Waals surface area contributed by atoms with E-state index in [1.807, 2.05) is 13.8 Å². The molecule has 1 atom stereocenters. The molecule has 1 aliphatic heterocycles. The van der Waals surface area contributed by atoms with Gasteiger partial charge in [0, 0.05) is 19.1 Å². The minimum Gasteiger partial charge on any atom is -0.494 e. The summed E-state index contributed by atoms with van der Waals surface area (Å²) in [6, 6.07) is 6.74. The summed E-state index contributed by atoms with van der Waals surface area (Å²) in [4.78, 5) is 0.310. The molecule has 24 heavy (non-hydrogen) atoms. The van der Waals surface area contributed by atoms with Crippen molar-refractivity contribution in [3.05, 3.63) is 24.3 Å². The Morgan fingerprint density at radius 2 is 1.92 bits per heavy atom. The molecule has 1 aliphatic rings. The molecule has 2 rings (SSSR count). The second-order valence-corrected chi connectivity index (χ2v) is 9.66. The second kappa shape index (κ2) is 7.42. The van der Waals surface area contributed by atoms with Crippen molar-refractivity contribution in [2.45, 2.75) is 51.5 Å². The summed E-state index contributed by atoms with van der Waals surface area (Å²) in [5.74, 6) is 1.29. The number of benzene rings is 1. The Bertz CT molecular complexity index is 639. The van der Waals surface area contributed by atoms with Crippen LogP contribution in [0.25, 0.3) is 0 Å². The van der Waals surface area contributed by atoms with Crippen LogP contribution in [-0.2, 0) is 10.0 Å². The van der Waals surface area contributed by atoms with E-state index in [4.69, 9.17) is 10.5 Å². The fourth-order valence-electron chi connectivity index (χ4n) is 2.80. The van der Waals surface area contributed by atoms with E-state index >= 15 is 0 Å². The number of sulfonamides is 1. The van der Waals surface area contributed by atoms with Gasteiger partial charge in [0.2, 0.25) is 10.0 Å². The predicted octanol–water partition coefficient (Wildman–Crippen LogP) is 2.86. The van der Waals surface area contributed by atoms with Gasteiger partial charge in [-0.3, -0.25) is 0 Å². The SMILES string of the molecule is CC(C)CCOc1ccc(S(=O)(=O)N2CCC(N)C(C)(C)C2)cc1. The van der Waals surface area contributed by atoms with Crippen molar-refractivity contribution in [2.24, 2.45) is 17.1 Å². The van der Waals surface area contributed by atoms with Crippen LogP contribution in [0.2, 0.25) is 0 Å². The fourth-order valence-corrected chi connectivity index (χ4v) is 4.43. The van der Waals surface area contributed by atoms with Gasteiger partial charge < -0.3 is 10.5 Å². The molecular formula is C18H30N2O3S. The van der Waals surface area contributed by atoms with Crippen molar-refractivity contribution in [3.63, 3.8) is 0 Å². The van der Waals surface area contributed by atoms with E-state index in [1.54, 1.807) is 28.6 Å². The molecule has 1 heterocycles. The van der Waals surface area contributed by atoms with Crippen molar-refractivity contribution >= 4 is 10.0 Å². The smallest absolute Gasteiger partial charge is 0.243 e. The number of rotatable bonds is 6. The molecule has 0 bridgehead atoms. The summed E-state index contributed by atoms with van der Waals surface area (Å²) in [5.41, 5.74) is 5.89. The summed E-state index contributed by atoms with van der Waals surface area (Å²) in [6.45, 7) is 9.89. The Hall–Kier alpha value is -1.11. The first kappa shape index (κ1) is 19.2. The largest absolute Gasteiger partial charge is 0.494 e. The maximum absolute atomic E-state index is 12.8. The number of hydrogen-bond donors (Lipinski definition) is 1. The Balaban J connectivity index is 2.07. The van der Waals surface area contributed by atoms with E-state index in [0.29, 0.717) is 42.7 Å². The van der Waals surface area contributed by atoms with Gasteiger partial charge in [-0.05, 0) is 48.4 Å². The molecule has 136 valence electrons. The van der Waals surface area contributed by atoms with Crippen LogP contribution in [0.3, 0.4) is 0 Å². The van der Waals surface area contributed by atoms with Gasteiger partial charge in [0.1, 0.15) is 5.75 Å². The second-order valence-electron chi connectivity index (χ2n) is 7.72. The lowest BCUT2D eigenvalue weighted by atomic mass is 9.81. The number of nitrogens with two attached hydrogens (primary N) is 1. The van der Waals surface area contributed by atoms with Crippen LogP contribution in [0, 0.1) is 11.3 Å². The van der Waals surface area contributed by atoms with Gasteiger partial charge >= 0.3 is 0 Å². The summed E-state index contributed by atoms with van der Waals surface area (Å²) < 4.78 is 32.9. The molecule has 1 saturated heterocycles. The van der Waals surface area contributed by atoms with Crippen molar-refractivity contribution < 1.29 is 13.2 Å². The molecule has 0 aliphatic carbocycles. The lowest BCUT2D eigenvalue weighted by molar-refractivity contribution is 0.155. The highest BCUT2D eigenvalue weighted by atomic mass is 32.2. The van der Waals surface area contributed by atoms with E-state index in [0.717, 1.165) is 6.42 Å².